The molecular formula is C24H37N3O7S. The number of thiocarbonyl (C=S) groups is 1. The van der Waals surface area contributed by atoms with Crippen LogP contribution in [0.4, 0.5) is 0 Å². The number of aliphatic carboxylic acids is 2. The second-order valence-electron chi connectivity index (χ2n) is 9.67. The number of nitrogens with one attached hydrogen (secondary N) is 2. The molecule has 3 amide bonds. The highest BCUT2D eigenvalue weighted by molar-refractivity contribution is 7.80. The van der Waals surface area contributed by atoms with E-state index in [1.807, 2.05) is 0 Å². The Balaban J connectivity index is 1.85. The summed E-state index contributed by atoms with van der Waals surface area (Å²) in [5, 5.41) is 23.4. The molecule has 35 heavy (non-hydrogen) atoms. The Morgan fingerprint density at radius 2 is 1.71 bits per heavy atom. The van der Waals surface area contributed by atoms with Gasteiger partial charge in [0.2, 0.25) is 17.7 Å². The number of carboxylic acids is 2. The van der Waals surface area contributed by atoms with Crippen LogP contribution in [0.15, 0.2) is 0 Å². The van der Waals surface area contributed by atoms with E-state index in [4.69, 9.17) is 17.3 Å². The SMILES string of the molecule is CNC(=O)C1C(=O)N(CC2CCC(C(=O)NCCCCCC(=O)O)CC2)C(=S)C1CC(C)C(=O)O. The first-order valence-corrected chi connectivity index (χ1v) is 12.8. The van der Waals surface area contributed by atoms with Gasteiger partial charge in [-0.05, 0) is 50.9 Å². The molecule has 3 atom stereocenters. The summed E-state index contributed by atoms with van der Waals surface area (Å²) in [5.74, 6) is -4.92. The van der Waals surface area contributed by atoms with Crippen LogP contribution >= 0.6 is 12.2 Å². The molecule has 10 nitrogen and oxygen atoms in total. The van der Waals surface area contributed by atoms with Crippen molar-refractivity contribution in [2.24, 2.45) is 29.6 Å². The van der Waals surface area contributed by atoms with Gasteiger partial charge in [0.05, 0.1) is 10.9 Å². The van der Waals surface area contributed by atoms with Gasteiger partial charge in [0.15, 0.2) is 0 Å². The van der Waals surface area contributed by atoms with Crippen LogP contribution in [0.5, 0.6) is 0 Å². The predicted molar refractivity (Wildman–Crippen MR) is 131 cm³/mol. The lowest BCUT2D eigenvalue weighted by atomic mass is 9.81. The number of rotatable bonds is 13. The molecule has 0 radical (unpaired) electrons. The monoisotopic (exact) mass is 511 g/mol. The third-order valence-electron chi connectivity index (χ3n) is 7.10. The minimum absolute atomic E-state index is 0.0110. The largest absolute Gasteiger partial charge is 0.481 e. The van der Waals surface area contributed by atoms with E-state index in [1.54, 1.807) is 6.92 Å². The Hall–Kier alpha value is -2.56. The van der Waals surface area contributed by atoms with E-state index in [2.05, 4.69) is 10.6 Å². The van der Waals surface area contributed by atoms with Gasteiger partial charge in [-0.2, -0.15) is 0 Å². The van der Waals surface area contributed by atoms with Crippen LogP contribution < -0.4 is 10.6 Å². The van der Waals surface area contributed by atoms with Gasteiger partial charge >= 0.3 is 11.9 Å². The highest BCUT2D eigenvalue weighted by Crippen LogP contribution is 2.36. The molecule has 2 fully saturated rings. The lowest BCUT2D eigenvalue weighted by molar-refractivity contribution is -0.143. The number of hydrogen-bond acceptors (Lipinski definition) is 6. The van der Waals surface area contributed by atoms with Crippen molar-refractivity contribution in [3.8, 4) is 0 Å². The molecule has 1 saturated heterocycles. The minimum Gasteiger partial charge on any atom is -0.481 e. The molecule has 1 aliphatic heterocycles. The van der Waals surface area contributed by atoms with Gasteiger partial charge in [0.25, 0.3) is 0 Å². The van der Waals surface area contributed by atoms with Crippen LogP contribution in [-0.2, 0) is 24.0 Å². The molecule has 0 aromatic heterocycles. The summed E-state index contributed by atoms with van der Waals surface area (Å²) in [7, 11) is 1.45. The number of carboxylic acid groups (broad SMARTS) is 2. The summed E-state index contributed by atoms with van der Waals surface area (Å²) in [6, 6.07) is 0. The van der Waals surface area contributed by atoms with Gasteiger partial charge in [-0.25, -0.2) is 0 Å². The number of nitrogens with zero attached hydrogens (tertiary/aromatic N) is 1. The van der Waals surface area contributed by atoms with E-state index in [1.165, 1.54) is 11.9 Å². The molecule has 0 aromatic rings. The Morgan fingerprint density at radius 1 is 1.06 bits per heavy atom. The Labute approximate surface area is 211 Å². The number of carbonyl (C=O) groups excluding carboxylic acids is 3. The normalized spacial score (nSPS) is 25.3. The molecule has 196 valence electrons. The Kier molecular flexibility index (Phi) is 11.1. The lowest BCUT2D eigenvalue weighted by Crippen LogP contribution is -2.40. The number of likely N-dealkylation sites (tertiary alicyclic amines) is 1. The number of carbonyl (C=O) groups is 5. The topological polar surface area (TPSA) is 153 Å². The van der Waals surface area contributed by atoms with Gasteiger partial charge in [-0.3, -0.25) is 24.0 Å². The molecule has 0 spiro atoms. The average molecular weight is 512 g/mol. The van der Waals surface area contributed by atoms with E-state index >= 15 is 0 Å². The fourth-order valence-electron chi connectivity index (χ4n) is 4.94. The summed E-state index contributed by atoms with van der Waals surface area (Å²) >= 11 is 5.55. The second kappa shape index (κ2) is 13.5. The summed E-state index contributed by atoms with van der Waals surface area (Å²) < 4.78 is 0. The third-order valence-corrected chi connectivity index (χ3v) is 7.62. The van der Waals surface area contributed by atoms with Crippen LogP contribution in [0.1, 0.15) is 64.7 Å². The summed E-state index contributed by atoms with van der Waals surface area (Å²) in [4.78, 5) is 61.7. The van der Waals surface area contributed by atoms with Crippen molar-refractivity contribution >= 4 is 46.9 Å². The Bertz CT molecular complexity index is 826. The fraction of sp³-hybridized carbons (Fsp3) is 0.750. The predicted octanol–water partition coefficient (Wildman–Crippen LogP) is 1.81. The molecule has 2 rings (SSSR count). The van der Waals surface area contributed by atoms with Gasteiger partial charge < -0.3 is 25.7 Å². The number of unbranched alkanes of at least 4 members (excludes halogenated alkanes) is 2. The molecule has 1 aliphatic carbocycles. The number of amides is 3. The number of hydrogen-bond donors (Lipinski definition) is 4. The highest BCUT2D eigenvalue weighted by atomic mass is 32.1. The standard InChI is InChI=1S/C24H37N3O7S/c1-14(24(33)34)12-17-19(21(31)25-2)22(32)27(23(17)35)13-15-7-9-16(10-8-15)20(30)26-11-5-3-4-6-18(28)29/h14-17,19H,3-13H2,1-2H3,(H,25,31)(H,26,30)(H,28,29)(H,33,34). The quantitative estimate of drug-likeness (QED) is 0.166. The highest BCUT2D eigenvalue weighted by Gasteiger charge is 2.49. The maximum atomic E-state index is 13.1. The zero-order valence-corrected chi connectivity index (χ0v) is 21.3. The smallest absolute Gasteiger partial charge is 0.306 e. The maximum Gasteiger partial charge on any atom is 0.306 e. The van der Waals surface area contributed by atoms with Crippen molar-refractivity contribution in [2.45, 2.75) is 64.7 Å². The van der Waals surface area contributed by atoms with Crippen LogP contribution in [0.2, 0.25) is 0 Å². The van der Waals surface area contributed by atoms with Crippen LogP contribution in [0.3, 0.4) is 0 Å². The van der Waals surface area contributed by atoms with Gasteiger partial charge in [0, 0.05) is 38.4 Å². The van der Waals surface area contributed by atoms with Crippen molar-refractivity contribution in [3.05, 3.63) is 0 Å². The Morgan fingerprint density at radius 3 is 2.29 bits per heavy atom. The van der Waals surface area contributed by atoms with E-state index in [9.17, 15) is 29.1 Å². The molecule has 0 bridgehead atoms. The van der Waals surface area contributed by atoms with Crippen molar-refractivity contribution in [3.63, 3.8) is 0 Å². The van der Waals surface area contributed by atoms with Gasteiger partial charge in [-0.1, -0.05) is 25.6 Å². The fourth-order valence-corrected chi connectivity index (χ4v) is 5.34. The minimum atomic E-state index is -1.01. The average Bonchev–Trinajstić information content (AvgIpc) is 3.04. The maximum absolute atomic E-state index is 13.1. The molecule has 11 heteroatoms. The zero-order valence-electron chi connectivity index (χ0n) is 20.5. The molecule has 1 heterocycles. The summed E-state index contributed by atoms with van der Waals surface area (Å²) in [6.07, 6.45) is 5.27. The zero-order chi connectivity index (χ0) is 26.1. The van der Waals surface area contributed by atoms with Gasteiger partial charge in [-0.15, -0.1) is 0 Å². The first-order chi connectivity index (χ1) is 16.6. The molecular weight excluding hydrogens is 474 g/mol. The van der Waals surface area contributed by atoms with Crippen LogP contribution in [0, 0.1) is 29.6 Å². The van der Waals surface area contributed by atoms with Crippen LogP contribution in [-0.4, -0.2) is 69.9 Å². The van der Waals surface area contributed by atoms with Crippen molar-refractivity contribution in [2.75, 3.05) is 20.1 Å². The van der Waals surface area contributed by atoms with E-state index in [0.717, 1.165) is 25.7 Å². The van der Waals surface area contributed by atoms with Gasteiger partial charge in [0.1, 0.15) is 5.92 Å². The van der Waals surface area contributed by atoms with E-state index in [-0.39, 0.29) is 36.5 Å². The summed E-state index contributed by atoms with van der Waals surface area (Å²) in [6.45, 7) is 2.45. The van der Waals surface area contributed by atoms with Crippen molar-refractivity contribution in [1.82, 2.24) is 15.5 Å². The van der Waals surface area contributed by atoms with E-state index < -0.39 is 35.6 Å². The molecule has 3 unspecified atom stereocenters. The van der Waals surface area contributed by atoms with Crippen molar-refractivity contribution in [1.29, 1.82) is 0 Å². The molecule has 4 N–H and O–H groups in total. The summed E-state index contributed by atoms with van der Waals surface area (Å²) in [5.41, 5.74) is 0. The first kappa shape index (κ1) is 28.7. The molecule has 0 aromatic carbocycles. The molecule has 1 saturated carbocycles. The lowest BCUT2D eigenvalue weighted by Gasteiger charge is -2.31. The second-order valence-corrected chi connectivity index (χ2v) is 10.1. The van der Waals surface area contributed by atoms with Crippen molar-refractivity contribution < 1.29 is 34.2 Å². The third kappa shape index (κ3) is 7.98. The first-order valence-electron chi connectivity index (χ1n) is 12.4. The molecule has 2 aliphatic rings. The van der Waals surface area contributed by atoms with E-state index in [0.29, 0.717) is 37.3 Å². The van der Waals surface area contributed by atoms with Crippen LogP contribution in [0.25, 0.3) is 0 Å².